The fourth-order valence-electron chi connectivity index (χ4n) is 5.12. The van der Waals surface area contributed by atoms with Crippen LogP contribution in [0.2, 0.25) is 0 Å². The first kappa shape index (κ1) is 21.3. The zero-order valence-corrected chi connectivity index (χ0v) is 19.0. The van der Waals surface area contributed by atoms with E-state index < -0.39 is 0 Å². The highest BCUT2D eigenvalue weighted by atomic mass is 35.5. The number of aromatic amines is 1. The maximum absolute atomic E-state index is 13.1. The van der Waals surface area contributed by atoms with Crippen molar-refractivity contribution in [3.8, 4) is 0 Å². The van der Waals surface area contributed by atoms with Crippen LogP contribution >= 0.6 is 11.6 Å². The number of benzene rings is 2. The molecule has 2 aliphatic rings. The average Bonchev–Trinajstić information content (AvgIpc) is 3.22. The zero-order chi connectivity index (χ0) is 22.1. The second kappa shape index (κ2) is 9.14. The van der Waals surface area contributed by atoms with Crippen LogP contribution in [0.3, 0.4) is 0 Å². The molecule has 1 fully saturated rings. The Morgan fingerprint density at radius 3 is 2.62 bits per heavy atom. The number of aromatic nitrogens is 1. The fraction of sp³-hybridized carbons (Fsp3) is 0.400. The number of anilines is 1. The summed E-state index contributed by atoms with van der Waals surface area (Å²) < 4.78 is 11.0. The number of hydrogen-bond acceptors (Lipinski definition) is 4. The summed E-state index contributed by atoms with van der Waals surface area (Å²) in [7, 11) is 1.68. The SMILES string of the molecule is COC[C@H]1Cc2c([nH]c3ccccc23)[C@H](c2ccc(N3CCOCC3)cc2)N1C(=O)CCl. The Hall–Kier alpha value is -2.54. The van der Waals surface area contributed by atoms with E-state index in [-0.39, 0.29) is 23.9 Å². The predicted molar refractivity (Wildman–Crippen MR) is 127 cm³/mol. The Morgan fingerprint density at radius 2 is 1.91 bits per heavy atom. The third kappa shape index (κ3) is 3.76. The summed E-state index contributed by atoms with van der Waals surface area (Å²) >= 11 is 6.08. The number of fused-ring (bicyclic) bond motifs is 3. The van der Waals surface area contributed by atoms with Crippen LogP contribution in [0.15, 0.2) is 48.5 Å². The molecule has 0 unspecified atom stereocenters. The molecule has 1 amide bonds. The molecule has 2 atom stereocenters. The topological polar surface area (TPSA) is 57.8 Å². The number of rotatable bonds is 5. The lowest BCUT2D eigenvalue weighted by Gasteiger charge is -2.42. The van der Waals surface area contributed by atoms with Crippen molar-refractivity contribution in [1.29, 1.82) is 0 Å². The molecule has 7 heteroatoms. The van der Waals surface area contributed by atoms with Crippen LogP contribution < -0.4 is 4.90 Å². The molecule has 1 N–H and O–H groups in total. The van der Waals surface area contributed by atoms with Gasteiger partial charge in [0, 0.05) is 42.5 Å². The van der Waals surface area contributed by atoms with Crippen molar-refractivity contribution < 1.29 is 14.3 Å². The van der Waals surface area contributed by atoms with E-state index in [9.17, 15) is 4.79 Å². The molecule has 0 bridgehead atoms. The number of carbonyl (C=O) groups is 1. The highest BCUT2D eigenvalue weighted by Crippen LogP contribution is 2.41. The molecule has 3 aromatic rings. The number of methoxy groups -OCH3 is 1. The van der Waals surface area contributed by atoms with Crippen molar-refractivity contribution in [2.45, 2.75) is 18.5 Å². The van der Waals surface area contributed by atoms with Gasteiger partial charge in [0.05, 0.1) is 31.9 Å². The van der Waals surface area contributed by atoms with Crippen molar-refractivity contribution in [3.63, 3.8) is 0 Å². The summed E-state index contributed by atoms with van der Waals surface area (Å²) in [5.74, 6) is -0.140. The number of amides is 1. The molecule has 168 valence electrons. The molecule has 0 spiro atoms. The number of carbonyl (C=O) groups excluding carboxylic acids is 1. The Balaban J connectivity index is 1.60. The minimum Gasteiger partial charge on any atom is -0.383 e. The van der Waals surface area contributed by atoms with Crippen molar-refractivity contribution in [3.05, 3.63) is 65.4 Å². The number of hydrogen-bond donors (Lipinski definition) is 1. The Kier molecular flexibility index (Phi) is 6.09. The zero-order valence-electron chi connectivity index (χ0n) is 18.2. The van der Waals surface area contributed by atoms with Crippen LogP contribution in [-0.4, -0.2) is 67.7 Å². The van der Waals surface area contributed by atoms with Crippen LogP contribution in [0.4, 0.5) is 5.69 Å². The molecule has 2 aliphatic heterocycles. The molecule has 0 saturated carbocycles. The lowest BCUT2D eigenvalue weighted by atomic mass is 9.88. The van der Waals surface area contributed by atoms with Crippen molar-refractivity contribution in [1.82, 2.24) is 9.88 Å². The first-order valence-corrected chi connectivity index (χ1v) is 11.6. The van der Waals surface area contributed by atoms with E-state index in [0.29, 0.717) is 6.61 Å². The van der Waals surface area contributed by atoms with Crippen molar-refractivity contribution >= 4 is 34.1 Å². The number of H-pyrrole nitrogens is 1. The standard InChI is InChI=1S/C25H28ClN3O3/c1-31-16-19-14-21-20-4-2-3-5-22(20)27-24(21)25(29(19)23(30)15-26)17-6-8-18(9-7-17)28-10-12-32-13-11-28/h2-9,19,25,27H,10-16H2,1H3/t19-,25+/m1/s1. The summed E-state index contributed by atoms with van der Waals surface area (Å²) in [5, 5.41) is 1.21. The van der Waals surface area contributed by atoms with Crippen LogP contribution in [0.1, 0.15) is 22.9 Å². The number of nitrogens with zero attached hydrogens (tertiary/aromatic N) is 2. The first-order valence-electron chi connectivity index (χ1n) is 11.1. The third-order valence-corrected chi connectivity index (χ3v) is 6.81. The third-order valence-electron chi connectivity index (χ3n) is 6.58. The van der Waals surface area contributed by atoms with Gasteiger partial charge in [-0.1, -0.05) is 30.3 Å². The van der Waals surface area contributed by atoms with Crippen LogP contribution in [-0.2, 0) is 20.7 Å². The van der Waals surface area contributed by atoms with Gasteiger partial charge in [-0.2, -0.15) is 0 Å². The van der Waals surface area contributed by atoms with Gasteiger partial charge in [0.25, 0.3) is 0 Å². The van der Waals surface area contributed by atoms with Gasteiger partial charge in [-0.25, -0.2) is 0 Å². The molecule has 2 aromatic carbocycles. The number of ether oxygens (including phenoxy) is 2. The van der Waals surface area contributed by atoms with Gasteiger partial charge in [-0.15, -0.1) is 11.6 Å². The van der Waals surface area contributed by atoms with E-state index in [1.165, 1.54) is 16.6 Å². The molecule has 32 heavy (non-hydrogen) atoms. The van der Waals surface area contributed by atoms with Crippen molar-refractivity contribution in [2.75, 3.05) is 50.8 Å². The largest absolute Gasteiger partial charge is 0.383 e. The van der Waals surface area contributed by atoms with Gasteiger partial charge in [0.1, 0.15) is 5.88 Å². The number of nitrogens with one attached hydrogen (secondary N) is 1. The molecule has 3 heterocycles. The van der Waals surface area contributed by atoms with Crippen molar-refractivity contribution in [2.24, 2.45) is 0 Å². The lowest BCUT2D eigenvalue weighted by Crippen LogP contribution is -2.50. The summed E-state index contributed by atoms with van der Waals surface area (Å²) in [4.78, 5) is 20.9. The minimum absolute atomic E-state index is 0.0574. The Morgan fingerprint density at radius 1 is 1.16 bits per heavy atom. The smallest absolute Gasteiger partial charge is 0.238 e. The molecule has 1 aromatic heterocycles. The lowest BCUT2D eigenvalue weighted by molar-refractivity contribution is -0.134. The Bertz CT molecular complexity index is 1090. The molecule has 0 radical (unpaired) electrons. The quantitative estimate of drug-likeness (QED) is 0.598. The Labute approximate surface area is 193 Å². The number of halogens is 1. The molecular weight excluding hydrogens is 426 g/mol. The monoisotopic (exact) mass is 453 g/mol. The summed E-state index contributed by atoms with van der Waals surface area (Å²) in [6.07, 6.45) is 0.734. The number of alkyl halides is 1. The summed E-state index contributed by atoms with van der Waals surface area (Å²) in [6.45, 7) is 3.74. The van der Waals surface area contributed by atoms with E-state index in [4.69, 9.17) is 21.1 Å². The van der Waals surface area contributed by atoms with E-state index in [1.54, 1.807) is 7.11 Å². The second-order valence-corrected chi connectivity index (χ2v) is 8.67. The summed E-state index contributed by atoms with van der Waals surface area (Å²) in [5.41, 5.74) is 5.64. The van der Waals surface area contributed by atoms with E-state index in [2.05, 4.69) is 52.3 Å². The van der Waals surface area contributed by atoms with E-state index in [1.807, 2.05) is 11.0 Å². The van der Waals surface area contributed by atoms with Crippen LogP contribution in [0.25, 0.3) is 10.9 Å². The van der Waals surface area contributed by atoms with Gasteiger partial charge >= 0.3 is 0 Å². The molecule has 1 saturated heterocycles. The maximum atomic E-state index is 13.1. The predicted octanol–water partition coefficient (Wildman–Crippen LogP) is 3.73. The van der Waals surface area contributed by atoms with Gasteiger partial charge < -0.3 is 24.3 Å². The molecule has 5 rings (SSSR count). The maximum Gasteiger partial charge on any atom is 0.238 e. The molecular formula is C25H28ClN3O3. The van der Waals surface area contributed by atoms with E-state index >= 15 is 0 Å². The van der Waals surface area contributed by atoms with Crippen LogP contribution in [0, 0.1) is 0 Å². The molecule has 6 nitrogen and oxygen atoms in total. The summed E-state index contributed by atoms with van der Waals surface area (Å²) in [6, 6.07) is 16.6. The highest BCUT2D eigenvalue weighted by Gasteiger charge is 2.40. The second-order valence-electron chi connectivity index (χ2n) is 8.40. The van der Waals surface area contributed by atoms with E-state index in [0.717, 1.165) is 49.5 Å². The number of morpholine rings is 1. The minimum atomic E-state index is -0.240. The average molecular weight is 454 g/mol. The first-order chi connectivity index (χ1) is 15.7. The van der Waals surface area contributed by atoms with Crippen LogP contribution in [0.5, 0.6) is 0 Å². The normalized spacial score (nSPS) is 21.1. The van der Waals surface area contributed by atoms with Gasteiger partial charge in [0.15, 0.2) is 0 Å². The van der Waals surface area contributed by atoms with Gasteiger partial charge in [0.2, 0.25) is 5.91 Å². The van der Waals surface area contributed by atoms with Gasteiger partial charge in [-0.05, 0) is 35.7 Å². The molecule has 0 aliphatic carbocycles. The fourth-order valence-corrected chi connectivity index (χ4v) is 5.26. The highest BCUT2D eigenvalue weighted by molar-refractivity contribution is 6.27. The number of para-hydroxylation sites is 1. The van der Waals surface area contributed by atoms with Gasteiger partial charge in [-0.3, -0.25) is 4.79 Å².